The zero-order valence-corrected chi connectivity index (χ0v) is 21.8. The minimum absolute atomic E-state index is 0.0975. The van der Waals surface area contributed by atoms with Gasteiger partial charge in [-0.3, -0.25) is 29.3 Å². The lowest BCUT2D eigenvalue weighted by Gasteiger charge is -2.38. The fraction of sp³-hybridized carbons (Fsp3) is 0.621. The monoisotopic (exact) mass is 509 g/mol. The number of hydrogen-bond donors (Lipinski definition) is 3. The normalized spacial score (nSPS) is 22.9. The second-order valence-corrected chi connectivity index (χ2v) is 11.2. The van der Waals surface area contributed by atoms with Crippen molar-refractivity contribution in [2.75, 3.05) is 18.4 Å². The Balaban J connectivity index is 1.24. The first-order chi connectivity index (χ1) is 17.8. The maximum absolute atomic E-state index is 13.4. The van der Waals surface area contributed by atoms with Crippen LogP contribution >= 0.6 is 0 Å². The molecule has 200 valence electrons. The van der Waals surface area contributed by atoms with E-state index in [0.29, 0.717) is 54.6 Å². The van der Waals surface area contributed by atoms with E-state index in [1.807, 2.05) is 6.07 Å². The Kier molecular flexibility index (Phi) is 8.77. The van der Waals surface area contributed by atoms with Crippen LogP contribution in [0.25, 0.3) is 0 Å². The minimum Gasteiger partial charge on any atom is -0.384 e. The third-order valence-electron chi connectivity index (χ3n) is 8.40. The molecule has 2 fully saturated rings. The van der Waals surface area contributed by atoms with Crippen molar-refractivity contribution in [2.24, 2.45) is 17.3 Å². The van der Waals surface area contributed by atoms with Gasteiger partial charge in [-0.05, 0) is 62.8 Å². The van der Waals surface area contributed by atoms with Gasteiger partial charge in [0.25, 0.3) is 0 Å². The van der Waals surface area contributed by atoms with E-state index < -0.39 is 17.7 Å². The largest absolute Gasteiger partial charge is 0.384 e. The first-order valence-corrected chi connectivity index (χ1v) is 13.8. The summed E-state index contributed by atoms with van der Waals surface area (Å²) in [6, 6.07) is 5.25. The van der Waals surface area contributed by atoms with Crippen molar-refractivity contribution >= 4 is 35.0 Å². The quantitative estimate of drug-likeness (QED) is 0.234. The minimum atomic E-state index is -0.597. The Morgan fingerprint density at radius 3 is 2.49 bits per heavy atom. The summed E-state index contributed by atoms with van der Waals surface area (Å²) in [6.07, 6.45) is 9.08. The average molecular weight is 510 g/mol. The number of nitrogens with one attached hydrogen (secondary N) is 3. The Morgan fingerprint density at radius 2 is 1.76 bits per heavy atom. The third kappa shape index (κ3) is 6.65. The van der Waals surface area contributed by atoms with E-state index in [1.54, 1.807) is 12.1 Å². The number of unbranched alkanes of at least 4 members (excludes halogenated alkanes) is 2. The summed E-state index contributed by atoms with van der Waals surface area (Å²) in [4.78, 5) is 62.4. The van der Waals surface area contributed by atoms with E-state index in [-0.39, 0.29) is 36.2 Å². The number of benzene rings is 1. The molecule has 1 heterocycles. The van der Waals surface area contributed by atoms with Crippen molar-refractivity contribution in [1.29, 1.82) is 0 Å². The van der Waals surface area contributed by atoms with E-state index in [4.69, 9.17) is 0 Å². The van der Waals surface area contributed by atoms with Crippen LogP contribution in [0.4, 0.5) is 5.69 Å². The molecule has 2 unspecified atom stereocenters. The topological polar surface area (TPSA) is 121 Å². The number of Topliss-reactive ketones (excluding diaryl/α,β-unsaturated/α-hetero) is 2. The molecule has 1 aliphatic heterocycles. The molecular formula is C29H39N3O5. The molecule has 0 bridgehead atoms. The number of hydrogen-bond acceptors (Lipinski definition) is 6. The molecule has 1 saturated heterocycles. The molecule has 1 aromatic carbocycles. The number of amides is 3. The summed E-state index contributed by atoms with van der Waals surface area (Å²) in [7, 11) is 0. The molecule has 1 saturated carbocycles. The van der Waals surface area contributed by atoms with Crippen molar-refractivity contribution in [1.82, 2.24) is 10.6 Å². The van der Waals surface area contributed by atoms with Gasteiger partial charge in [-0.1, -0.05) is 25.5 Å². The number of imide groups is 1. The standard InChI is InChI=1S/C29H39N3O5/c1-29(14-6-15-29)16-13-24(34)31-18-4-2-3-17-30-22-8-5-7-21-26(22)23(33)11-9-19(27(21)36)20-10-12-25(35)32-28(20)37/h5,7-8,19-20,30H,2-4,6,9-18H2,1H3,(H,31,34)(H,32,35,37). The maximum atomic E-state index is 13.4. The van der Waals surface area contributed by atoms with Crippen LogP contribution in [-0.4, -0.2) is 42.4 Å². The molecule has 0 radical (unpaired) electrons. The highest BCUT2D eigenvalue weighted by Gasteiger charge is 2.40. The SMILES string of the molecule is CC1(CCC(=O)NCCCCCNc2cccc3c2C(=O)CCC(C2CCC(=O)NC2=O)C3=O)CCC1. The second-order valence-electron chi connectivity index (χ2n) is 11.2. The van der Waals surface area contributed by atoms with Crippen molar-refractivity contribution in [3.63, 3.8) is 0 Å². The molecule has 3 aliphatic rings. The van der Waals surface area contributed by atoms with Crippen LogP contribution in [0.5, 0.6) is 0 Å². The Labute approximate surface area is 218 Å². The van der Waals surface area contributed by atoms with Gasteiger partial charge in [-0.25, -0.2) is 0 Å². The molecule has 37 heavy (non-hydrogen) atoms. The summed E-state index contributed by atoms with van der Waals surface area (Å²) < 4.78 is 0. The molecule has 0 aromatic heterocycles. The molecule has 2 aliphatic carbocycles. The number of fused-ring (bicyclic) bond motifs is 1. The summed E-state index contributed by atoms with van der Waals surface area (Å²) in [5.74, 6) is -2.06. The van der Waals surface area contributed by atoms with Gasteiger partial charge in [-0.2, -0.15) is 0 Å². The molecule has 3 N–H and O–H groups in total. The van der Waals surface area contributed by atoms with Crippen LogP contribution in [0.2, 0.25) is 0 Å². The van der Waals surface area contributed by atoms with E-state index in [9.17, 15) is 24.0 Å². The predicted octanol–water partition coefficient (Wildman–Crippen LogP) is 4.18. The molecule has 8 heteroatoms. The van der Waals surface area contributed by atoms with Crippen molar-refractivity contribution < 1.29 is 24.0 Å². The van der Waals surface area contributed by atoms with Crippen LogP contribution in [0.15, 0.2) is 18.2 Å². The van der Waals surface area contributed by atoms with Crippen LogP contribution < -0.4 is 16.0 Å². The lowest BCUT2D eigenvalue weighted by molar-refractivity contribution is -0.137. The Morgan fingerprint density at radius 1 is 1.00 bits per heavy atom. The highest BCUT2D eigenvalue weighted by atomic mass is 16.2. The zero-order chi connectivity index (χ0) is 26.4. The second kappa shape index (κ2) is 12.0. The van der Waals surface area contributed by atoms with Crippen LogP contribution in [0.1, 0.15) is 105 Å². The van der Waals surface area contributed by atoms with E-state index >= 15 is 0 Å². The van der Waals surface area contributed by atoms with Gasteiger partial charge < -0.3 is 10.6 Å². The summed E-state index contributed by atoms with van der Waals surface area (Å²) in [5.41, 5.74) is 1.80. The molecule has 3 amide bonds. The van der Waals surface area contributed by atoms with Crippen molar-refractivity contribution in [3.8, 4) is 0 Å². The molecule has 0 spiro atoms. The number of rotatable bonds is 11. The molecule has 8 nitrogen and oxygen atoms in total. The van der Waals surface area contributed by atoms with Gasteiger partial charge in [0, 0.05) is 55.4 Å². The maximum Gasteiger partial charge on any atom is 0.230 e. The van der Waals surface area contributed by atoms with E-state index in [1.165, 1.54) is 19.3 Å². The fourth-order valence-corrected chi connectivity index (χ4v) is 5.84. The van der Waals surface area contributed by atoms with E-state index in [0.717, 1.165) is 25.7 Å². The Hall–Kier alpha value is -3.03. The number of piperidine rings is 1. The van der Waals surface area contributed by atoms with Crippen molar-refractivity contribution in [2.45, 2.75) is 84.0 Å². The lowest BCUT2D eigenvalue weighted by Crippen LogP contribution is -2.45. The average Bonchev–Trinajstić information content (AvgIpc) is 2.98. The summed E-state index contributed by atoms with van der Waals surface area (Å²) >= 11 is 0. The van der Waals surface area contributed by atoms with Crippen LogP contribution in [-0.2, 0) is 14.4 Å². The lowest BCUT2D eigenvalue weighted by atomic mass is 9.68. The number of anilines is 1. The third-order valence-corrected chi connectivity index (χ3v) is 8.40. The Bertz CT molecular complexity index is 1060. The molecular weight excluding hydrogens is 470 g/mol. The van der Waals surface area contributed by atoms with Gasteiger partial charge in [0.1, 0.15) is 0 Å². The smallest absolute Gasteiger partial charge is 0.230 e. The molecule has 4 rings (SSSR count). The number of ketones is 2. The van der Waals surface area contributed by atoms with Gasteiger partial charge in [0.05, 0.1) is 5.56 Å². The van der Waals surface area contributed by atoms with Crippen LogP contribution in [0.3, 0.4) is 0 Å². The zero-order valence-electron chi connectivity index (χ0n) is 21.8. The first-order valence-electron chi connectivity index (χ1n) is 13.8. The highest BCUT2D eigenvalue weighted by Crippen LogP contribution is 2.44. The highest BCUT2D eigenvalue weighted by molar-refractivity contribution is 6.15. The number of carbonyl (C=O) groups excluding carboxylic acids is 5. The first kappa shape index (κ1) is 27.0. The molecule has 2 atom stereocenters. The van der Waals surface area contributed by atoms with Crippen LogP contribution in [0, 0.1) is 17.3 Å². The molecule has 1 aromatic rings. The summed E-state index contributed by atoms with van der Waals surface area (Å²) in [6.45, 7) is 3.59. The van der Waals surface area contributed by atoms with Crippen molar-refractivity contribution in [3.05, 3.63) is 29.3 Å². The van der Waals surface area contributed by atoms with Gasteiger partial charge in [0.15, 0.2) is 11.6 Å². The van der Waals surface area contributed by atoms with Gasteiger partial charge in [-0.15, -0.1) is 0 Å². The predicted molar refractivity (Wildman–Crippen MR) is 140 cm³/mol. The van der Waals surface area contributed by atoms with E-state index in [2.05, 4.69) is 22.9 Å². The fourth-order valence-electron chi connectivity index (χ4n) is 5.84. The summed E-state index contributed by atoms with van der Waals surface area (Å²) in [5, 5.41) is 8.68. The van der Waals surface area contributed by atoms with Gasteiger partial charge in [0.2, 0.25) is 17.7 Å². The number of carbonyl (C=O) groups is 5. The van der Waals surface area contributed by atoms with Gasteiger partial charge >= 0.3 is 0 Å².